The molecule has 1 aromatic heterocycles. The summed E-state index contributed by atoms with van der Waals surface area (Å²) in [5, 5.41) is 9.73. The van der Waals surface area contributed by atoms with E-state index in [1.54, 1.807) is 12.1 Å². The summed E-state index contributed by atoms with van der Waals surface area (Å²) >= 11 is 0. The molecular formula is C21H17NO6. The number of pyridine rings is 1. The molecule has 0 aliphatic carbocycles. The van der Waals surface area contributed by atoms with Crippen LogP contribution in [0.1, 0.15) is 23.3 Å². The van der Waals surface area contributed by atoms with Gasteiger partial charge in [0, 0.05) is 11.8 Å². The third-order valence-corrected chi connectivity index (χ3v) is 5.17. The van der Waals surface area contributed by atoms with E-state index in [0.29, 0.717) is 48.0 Å². The highest BCUT2D eigenvalue weighted by Crippen LogP contribution is 2.42. The Morgan fingerprint density at radius 1 is 1.11 bits per heavy atom. The first-order valence-corrected chi connectivity index (χ1v) is 9.02. The van der Waals surface area contributed by atoms with E-state index in [9.17, 15) is 14.7 Å². The van der Waals surface area contributed by atoms with Crippen molar-refractivity contribution in [1.29, 1.82) is 0 Å². The quantitative estimate of drug-likeness (QED) is 0.736. The second-order valence-corrected chi connectivity index (χ2v) is 6.94. The number of fused-ring (bicyclic) bond motifs is 1. The van der Waals surface area contributed by atoms with Crippen LogP contribution in [0.2, 0.25) is 0 Å². The maximum atomic E-state index is 12.7. The Balaban J connectivity index is 1.78. The second-order valence-electron chi connectivity index (χ2n) is 6.94. The molecule has 0 spiro atoms. The standard InChI is InChI=1S/C21H17NO6/c1-11-10-28-20-13(12-2-5-16-17(8-12)27-7-6-26-16)3-4-14-18(20)22(11)9-15(19(14)23)21(24)25/h2-5,8-9,11H,6-7,10H2,1H3,(H,24,25). The highest BCUT2D eigenvalue weighted by atomic mass is 16.6. The van der Waals surface area contributed by atoms with Gasteiger partial charge in [-0.1, -0.05) is 6.07 Å². The van der Waals surface area contributed by atoms with Gasteiger partial charge in [-0.05, 0) is 36.8 Å². The van der Waals surface area contributed by atoms with Crippen LogP contribution in [0.15, 0.2) is 41.3 Å². The first-order valence-electron chi connectivity index (χ1n) is 9.02. The topological polar surface area (TPSA) is 87.0 Å². The van der Waals surface area contributed by atoms with Crippen molar-refractivity contribution < 1.29 is 24.1 Å². The number of hydrogen-bond donors (Lipinski definition) is 1. The van der Waals surface area contributed by atoms with E-state index in [4.69, 9.17) is 14.2 Å². The van der Waals surface area contributed by atoms with Crippen LogP contribution in [-0.2, 0) is 0 Å². The van der Waals surface area contributed by atoms with E-state index in [2.05, 4.69) is 0 Å². The molecule has 7 heteroatoms. The number of carbonyl (C=O) groups is 1. The van der Waals surface area contributed by atoms with E-state index in [1.807, 2.05) is 29.7 Å². The molecule has 28 heavy (non-hydrogen) atoms. The van der Waals surface area contributed by atoms with Crippen LogP contribution < -0.4 is 19.6 Å². The normalized spacial score (nSPS) is 17.2. The third-order valence-electron chi connectivity index (χ3n) is 5.17. The minimum Gasteiger partial charge on any atom is -0.489 e. The zero-order valence-corrected chi connectivity index (χ0v) is 15.1. The minimum atomic E-state index is -1.23. The SMILES string of the molecule is CC1COc2c(-c3ccc4c(c3)OCCO4)ccc3c(=O)c(C(=O)O)cn1c23. The number of benzene rings is 2. The maximum absolute atomic E-state index is 12.7. The first kappa shape index (κ1) is 16.7. The molecule has 1 N–H and O–H groups in total. The van der Waals surface area contributed by atoms with Crippen LogP contribution in [0.25, 0.3) is 22.0 Å². The molecule has 1 unspecified atom stereocenters. The van der Waals surface area contributed by atoms with Gasteiger partial charge in [-0.25, -0.2) is 4.79 Å². The van der Waals surface area contributed by atoms with Gasteiger partial charge in [-0.2, -0.15) is 0 Å². The van der Waals surface area contributed by atoms with E-state index in [-0.39, 0.29) is 11.6 Å². The summed E-state index contributed by atoms with van der Waals surface area (Å²) in [6, 6.07) is 9.02. The van der Waals surface area contributed by atoms with Crippen LogP contribution in [-0.4, -0.2) is 35.5 Å². The number of ether oxygens (including phenoxy) is 3. The molecule has 0 radical (unpaired) electrons. The fraction of sp³-hybridized carbons (Fsp3) is 0.238. The highest BCUT2D eigenvalue weighted by Gasteiger charge is 2.26. The summed E-state index contributed by atoms with van der Waals surface area (Å²) in [5.74, 6) is 0.703. The van der Waals surface area contributed by atoms with Crippen LogP contribution in [0, 0.1) is 0 Å². The molecule has 2 aliphatic rings. The first-order chi connectivity index (χ1) is 13.5. The molecule has 1 atom stereocenters. The smallest absolute Gasteiger partial charge is 0.341 e. The van der Waals surface area contributed by atoms with E-state index in [0.717, 1.165) is 11.1 Å². The van der Waals surface area contributed by atoms with E-state index >= 15 is 0 Å². The summed E-state index contributed by atoms with van der Waals surface area (Å²) in [5.41, 5.74) is 1.55. The molecule has 0 saturated heterocycles. The van der Waals surface area contributed by atoms with Gasteiger partial charge in [0.1, 0.15) is 25.4 Å². The third kappa shape index (κ3) is 2.36. The lowest BCUT2D eigenvalue weighted by atomic mass is 9.99. The molecular weight excluding hydrogens is 362 g/mol. The largest absolute Gasteiger partial charge is 0.489 e. The van der Waals surface area contributed by atoms with Crippen molar-refractivity contribution in [2.45, 2.75) is 13.0 Å². The predicted molar refractivity (Wildman–Crippen MR) is 102 cm³/mol. The molecule has 3 heterocycles. The minimum absolute atomic E-state index is 0.0933. The molecule has 0 fully saturated rings. The van der Waals surface area contributed by atoms with Crippen molar-refractivity contribution in [2.75, 3.05) is 19.8 Å². The van der Waals surface area contributed by atoms with Crippen molar-refractivity contribution in [1.82, 2.24) is 4.57 Å². The van der Waals surface area contributed by atoms with Gasteiger partial charge in [0.05, 0.1) is 16.9 Å². The van der Waals surface area contributed by atoms with Crippen molar-refractivity contribution in [2.24, 2.45) is 0 Å². The molecule has 0 amide bonds. The van der Waals surface area contributed by atoms with Gasteiger partial charge in [-0.15, -0.1) is 0 Å². The number of aromatic carboxylic acids is 1. The van der Waals surface area contributed by atoms with Crippen LogP contribution in [0.3, 0.4) is 0 Å². The molecule has 2 aromatic carbocycles. The lowest BCUT2D eigenvalue weighted by Gasteiger charge is -2.28. The van der Waals surface area contributed by atoms with Gasteiger partial charge in [0.25, 0.3) is 0 Å². The number of hydrogen-bond acceptors (Lipinski definition) is 5. The van der Waals surface area contributed by atoms with Crippen LogP contribution in [0.5, 0.6) is 17.2 Å². The van der Waals surface area contributed by atoms with Crippen molar-refractivity contribution in [3.8, 4) is 28.4 Å². The van der Waals surface area contributed by atoms with Gasteiger partial charge in [0.2, 0.25) is 5.43 Å². The summed E-state index contributed by atoms with van der Waals surface area (Å²) in [6.45, 7) is 3.32. The molecule has 3 aromatic rings. The number of rotatable bonds is 2. The Labute approximate surface area is 159 Å². The second kappa shape index (κ2) is 6.02. The molecule has 2 aliphatic heterocycles. The van der Waals surface area contributed by atoms with Crippen LogP contribution in [0.4, 0.5) is 0 Å². The monoisotopic (exact) mass is 379 g/mol. The van der Waals surface area contributed by atoms with Crippen LogP contribution >= 0.6 is 0 Å². The molecule has 7 nitrogen and oxygen atoms in total. The van der Waals surface area contributed by atoms with Gasteiger partial charge in [-0.3, -0.25) is 4.79 Å². The summed E-state index contributed by atoms with van der Waals surface area (Å²) in [6.07, 6.45) is 1.41. The molecule has 0 saturated carbocycles. The van der Waals surface area contributed by atoms with Crippen molar-refractivity contribution in [3.05, 3.63) is 52.3 Å². The van der Waals surface area contributed by atoms with E-state index in [1.165, 1.54) is 6.20 Å². The lowest BCUT2D eigenvalue weighted by molar-refractivity contribution is 0.0694. The Hall–Kier alpha value is -3.48. The average molecular weight is 379 g/mol. The van der Waals surface area contributed by atoms with E-state index < -0.39 is 11.4 Å². The average Bonchev–Trinajstić information content (AvgIpc) is 2.71. The molecule has 0 bridgehead atoms. The maximum Gasteiger partial charge on any atom is 0.341 e. The fourth-order valence-corrected chi connectivity index (χ4v) is 3.79. The number of carboxylic acid groups (broad SMARTS) is 1. The van der Waals surface area contributed by atoms with Gasteiger partial charge in [0.15, 0.2) is 17.2 Å². The Morgan fingerprint density at radius 2 is 1.89 bits per heavy atom. The number of carboxylic acids is 1. The molecule has 5 rings (SSSR count). The van der Waals surface area contributed by atoms with Crippen molar-refractivity contribution >= 4 is 16.9 Å². The Bertz CT molecular complexity index is 1200. The number of aromatic nitrogens is 1. The Kier molecular flexibility index (Phi) is 3.58. The van der Waals surface area contributed by atoms with Gasteiger partial charge >= 0.3 is 5.97 Å². The number of nitrogens with zero attached hydrogens (tertiary/aromatic N) is 1. The summed E-state index contributed by atoms with van der Waals surface area (Å²) in [7, 11) is 0. The predicted octanol–water partition coefficient (Wildman–Crippen LogP) is 3.09. The Morgan fingerprint density at radius 3 is 2.68 bits per heavy atom. The zero-order chi connectivity index (χ0) is 19.4. The van der Waals surface area contributed by atoms with Gasteiger partial charge < -0.3 is 23.9 Å². The lowest BCUT2D eigenvalue weighted by Crippen LogP contribution is -2.26. The van der Waals surface area contributed by atoms with Crippen molar-refractivity contribution in [3.63, 3.8) is 0 Å². The summed E-state index contributed by atoms with van der Waals surface area (Å²) in [4.78, 5) is 24.2. The highest BCUT2D eigenvalue weighted by molar-refractivity contribution is 5.98. The zero-order valence-electron chi connectivity index (χ0n) is 15.1. The molecule has 142 valence electrons. The summed E-state index contributed by atoms with van der Waals surface area (Å²) < 4.78 is 19.1. The fourth-order valence-electron chi connectivity index (χ4n) is 3.79.